The highest BCUT2D eigenvalue weighted by atomic mass is 16.5. The van der Waals surface area contributed by atoms with Crippen molar-refractivity contribution in [1.29, 1.82) is 0 Å². The summed E-state index contributed by atoms with van der Waals surface area (Å²) in [6.07, 6.45) is 4.57. The van der Waals surface area contributed by atoms with Gasteiger partial charge in [0.1, 0.15) is 11.9 Å². The summed E-state index contributed by atoms with van der Waals surface area (Å²) in [5, 5.41) is 7.35. The summed E-state index contributed by atoms with van der Waals surface area (Å²) in [5.41, 5.74) is 3.02. The van der Waals surface area contributed by atoms with Crippen molar-refractivity contribution < 1.29 is 4.74 Å². The van der Waals surface area contributed by atoms with Gasteiger partial charge in [-0.05, 0) is 30.4 Å². The fraction of sp³-hybridized carbons (Fsp3) is 0.556. The van der Waals surface area contributed by atoms with E-state index in [0.29, 0.717) is 6.04 Å². The highest BCUT2D eigenvalue weighted by Crippen LogP contribution is 2.36. The normalized spacial score (nSPS) is 25.3. The second-order valence-electron chi connectivity index (χ2n) is 6.46. The van der Waals surface area contributed by atoms with E-state index in [-0.39, 0.29) is 6.10 Å². The number of nitrogens with one attached hydrogen (secondary N) is 1. The molecule has 1 aliphatic carbocycles. The van der Waals surface area contributed by atoms with Crippen LogP contribution in [0.25, 0.3) is 0 Å². The van der Waals surface area contributed by atoms with E-state index < -0.39 is 0 Å². The van der Waals surface area contributed by atoms with Crippen LogP contribution in [0, 0.1) is 0 Å². The Morgan fingerprint density at radius 2 is 2.26 bits per heavy atom. The first-order chi connectivity index (χ1) is 11.3. The monoisotopic (exact) mass is 312 g/mol. The minimum absolute atomic E-state index is 0.0191. The Hall–Kier alpha value is -1.72. The smallest absolute Gasteiger partial charge is 0.180 e. The molecule has 1 aromatic heterocycles. The van der Waals surface area contributed by atoms with E-state index in [1.807, 2.05) is 0 Å². The van der Waals surface area contributed by atoms with E-state index >= 15 is 0 Å². The zero-order valence-corrected chi connectivity index (χ0v) is 13.7. The third kappa shape index (κ3) is 2.91. The first-order valence-electron chi connectivity index (χ1n) is 8.69. The largest absolute Gasteiger partial charge is 0.367 e. The summed E-state index contributed by atoms with van der Waals surface area (Å²) >= 11 is 0. The fourth-order valence-electron chi connectivity index (χ4n) is 3.83. The summed E-state index contributed by atoms with van der Waals surface area (Å²) in [4.78, 5) is 7.12. The van der Waals surface area contributed by atoms with Crippen molar-refractivity contribution in [3.63, 3.8) is 0 Å². The molecule has 2 aromatic rings. The molecule has 1 N–H and O–H groups in total. The first kappa shape index (κ1) is 14.8. The van der Waals surface area contributed by atoms with Crippen molar-refractivity contribution in [3.05, 3.63) is 47.0 Å². The lowest BCUT2D eigenvalue weighted by Gasteiger charge is -2.40. The molecule has 0 bridgehead atoms. The number of fused-ring (bicyclic) bond motifs is 1. The van der Waals surface area contributed by atoms with E-state index in [4.69, 9.17) is 4.74 Å². The van der Waals surface area contributed by atoms with Crippen molar-refractivity contribution in [3.8, 4) is 0 Å². The lowest BCUT2D eigenvalue weighted by atomic mass is 9.86. The number of nitrogens with zero attached hydrogens (tertiary/aromatic N) is 3. The highest BCUT2D eigenvalue weighted by molar-refractivity contribution is 5.32. The predicted octanol–water partition coefficient (Wildman–Crippen LogP) is 2.82. The number of benzene rings is 1. The average Bonchev–Trinajstić information content (AvgIpc) is 3.11. The lowest BCUT2D eigenvalue weighted by molar-refractivity contribution is -0.0516. The molecule has 0 radical (unpaired) electrons. The van der Waals surface area contributed by atoms with E-state index in [2.05, 4.69) is 51.3 Å². The van der Waals surface area contributed by atoms with Gasteiger partial charge >= 0.3 is 0 Å². The molecular formula is C18H24N4O. The fourth-order valence-corrected chi connectivity index (χ4v) is 3.83. The Morgan fingerprint density at radius 3 is 3.13 bits per heavy atom. The lowest BCUT2D eigenvalue weighted by Crippen LogP contribution is -2.42. The van der Waals surface area contributed by atoms with Crippen molar-refractivity contribution >= 4 is 0 Å². The number of hydrogen-bond acceptors (Lipinski definition) is 4. The van der Waals surface area contributed by atoms with Gasteiger partial charge in [0.15, 0.2) is 5.82 Å². The molecule has 5 heteroatoms. The van der Waals surface area contributed by atoms with E-state index in [1.54, 1.807) is 0 Å². The zero-order chi connectivity index (χ0) is 15.6. The number of rotatable bonds is 3. The van der Waals surface area contributed by atoms with Gasteiger partial charge in [-0.1, -0.05) is 31.2 Å². The molecule has 2 aliphatic rings. The maximum absolute atomic E-state index is 5.94. The van der Waals surface area contributed by atoms with Gasteiger partial charge in [0.2, 0.25) is 0 Å². The maximum atomic E-state index is 5.94. The summed E-state index contributed by atoms with van der Waals surface area (Å²) < 4.78 is 5.94. The first-order valence-corrected chi connectivity index (χ1v) is 8.69. The van der Waals surface area contributed by atoms with E-state index in [0.717, 1.165) is 37.8 Å². The average molecular weight is 312 g/mol. The Bertz CT molecular complexity index is 669. The topological polar surface area (TPSA) is 54.0 Å². The van der Waals surface area contributed by atoms with Gasteiger partial charge in [0, 0.05) is 25.6 Å². The second kappa shape index (κ2) is 6.42. The van der Waals surface area contributed by atoms with Crippen LogP contribution in [-0.2, 0) is 17.6 Å². The third-order valence-corrected chi connectivity index (χ3v) is 5.05. The molecule has 0 saturated carbocycles. The van der Waals surface area contributed by atoms with Crippen LogP contribution in [0.2, 0.25) is 0 Å². The SMILES string of the molecule is CCc1nc([C@H]2CN([C@H]3CCCc4ccccc43)CCO2)n[nH]1. The Balaban J connectivity index is 1.54. The predicted molar refractivity (Wildman–Crippen MR) is 88.1 cm³/mol. The van der Waals surface area contributed by atoms with Crippen LogP contribution in [0.15, 0.2) is 24.3 Å². The van der Waals surface area contributed by atoms with Crippen LogP contribution in [-0.4, -0.2) is 39.8 Å². The molecule has 122 valence electrons. The molecule has 5 nitrogen and oxygen atoms in total. The second-order valence-corrected chi connectivity index (χ2v) is 6.46. The number of aryl methyl sites for hydroxylation is 2. The van der Waals surface area contributed by atoms with Gasteiger partial charge in [-0.25, -0.2) is 4.98 Å². The zero-order valence-electron chi connectivity index (χ0n) is 13.7. The van der Waals surface area contributed by atoms with Crippen molar-refractivity contribution in [2.45, 2.75) is 44.8 Å². The van der Waals surface area contributed by atoms with Crippen LogP contribution in [0.3, 0.4) is 0 Å². The molecule has 2 heterocycles. The number of ether oxygens (including phenoxy) is 1. The molecule has 4 rings (SSSR count). The summed E-state index contributed by atoms with van der Waals surface area (Å²) in [7, 11) is 0. The molecule has 0 amide bonds. The standard InChI is InChI=1S/C18H24N4O/c1-2-17-19-18(21-20-17)16-12-22(10-11-23-16)15-9-5-7-13-6-3-4-8-14(13)15/h3-4,6,8,15-16H,2,5,7,9-12H2,1H3,(H,19,20,21)/t15-,16+/m0/s1. The number of aromatic amines is 1. The van der Waals surface area contributed by atoms with Gasteiger partial charge in [0.05, 0.1) is 6.61 Å². The van der Waals surface area contributed by atoms with E-state index in [9.17, 15) is 0 Å². The van der Waals surface area contributed by atoms with E-state index in [1.165, 1.54) is 30.4 Å². The minimum atomic E-state index is -0.0191. The Labute approximate surface area is 137 Å². The molecule has 0 unspecified atom stereocenters. The maximum Gasteiger partial charge on any atom is 0.180 e. The molecule has 1 fully saturated rings. The Kier molecular flexibility index (Phi) is 4.14. The number of hydrogen-bond donors (Lipinski definition) is 1. The summed E-state index contributed by atoms with van der Waals surface area (Å²) in [5.74, 6) is 1.74. The summed E-state index contributed by atoms with van der Waals surface area (Å²) in [6, 6.07) is 9.41. The van der Waals surface area contributed by atoms with Gasteiger partial charge in [-0.15, -0.1) is 0 Å². The number of aromatic nitrogens is 3. The highest BCUT2D eigenvalue weighted by Gasteiger charge is 2.32. The molecule has 1 aromatic carbocycles. The van der Waals surface area contributed by atoms with Crippen molar-refractivity contribution in [2.24, 2.45) is 0 Å². The number of H-pyrrole nitrogens is 1. The van der Waals surface area contributed by atoms with Gasteiger partial charge < -0.3 is 4.74 Å². The quantitative estimate of drug-likeness (QED) is 0.947. The number of morpholine rings is 1. The van der Waals surface area contributed by atoms with Crippen LogP contribution in [0.1, 0.15) is 54.7 Å². The third-order valence-electron chi connectivity index (χ3n) is 5.05. The molecular weight excluding hydrogens is 288 g/mol. The van der Waals surface area contributed by atoms with Gasteiger partial charge in [-0.2, -0.15) is 5.10 Å². The van der Waals surface area contributed by atoms with Crippen molar-refractivity contribution in [2.75, 3.05) is 19.7 Å². The molecule has 1 saturated heterocycles. The molecule has 2 atom stereocenters. The molecule has 0 spiro atoms. The van der Waals surface area contributed by atoms with Crippen LogP contribution in [0.4, 0.5) is 0 Å². The van der Waals surface area contributed by atoms with Crippen molar-refractivity contribution in [1.82, 2.24) is 20.1 Å². The van der Waals surface area contributed by atoms with Crippen LogP contribution >= 0.6 is 0 Å². The molecule has 23 heavy (non-hydrogen) atoms. The minimum Gasteiger partial charge on any atom is -0.367 e. The Morgan fingerprint density at radius 1 is 1.35 bits per heavy atom. The molecule has 1 aliphatic heterocycles. The van der Waals surface area contributed by atoms with Gasteiger partial charge in [0.25, 0.3) is 0 Å². The van der Waals surface area contributed by atoms with Gasteiger partial charge in [-0.3, -0.25) is 10.00 Å². The van der Waals surface area contributed by atoms with Crippen LogP contribution < -0.4 is 0 Å². The van der Waals surface area contributed by atoms with Crippen LogP contribution in [0.5, 0.6) is 0 Å². The summed E-state index contributed by atoms with van der Waals surface area (Å²) in [6.45, 7) is 4.69.